The number of benzene rings is 2. The van der Waals surface area contributed by atoms with E-state index in [9.17, 15) is 5.11 Å². The summed E-state index contributed by atoms with van der Waals surface area (Å²) in [6, 6.07) is 14.1. The highest BCUT2D eigenvalue weighted by Crippen LogP contribution is 2.18. The molecule has 0 saturated carbocycles. The van der Waals surface area contributed by atoms with Crippen LogP contribution in [-0.4, -0.2) is 5.11 Å². The van der Waals surface area contributed by atoms with Gasteiger partial charge in [-0.05, 0) is 49.1 Å². The van der Waals surface area contributed by atoms with E-state index in [1.54, 1.807) is 6.07 Å². The van der Waals surface area contributed by atoms with Gasteiger partial charge in [0.05, 0.1) is 0 Å². The quantitative estimate of drug-likeness (QED) is 0.806. The van der Waals surface area contributed by atoms with Crippen molar-refractivity contribution in [1.82, 2.24) is 0 Å². The molecule has 0 aliphatic heterocycles. The maximum absolute atomic E-state index is 9.34. The molecule has 0 radical (unpaired) electrons. The second kappa shape index (κ2) is 4.40. The second-order valence-electron chi connectivity index (χ2n) is 4.27. The van der Waals surface area contributed by atoms with Crippen LogP contribution >= 0.6 is 0 Å². The zero-order valence-electron chi connectivity index (χ0n) is 9.70. The summed E-state index contributed by atoms with van der Waals surface area (Å²) in [5.74, 6) is 0.338. The topological polar surface area (TPSA) is 20.2 Å². The normalized spacial score (nSPS) is 10.4. The van der Waals surface area contributed by atoms with Crippen molar-refractivity contribution in [2.45, 2.75) is 20.3 Å². The molecular formula is C15H16O. The van der Waals surface area contributed by atoms with Gasteiger partial charge >= 0.3 is 0 Å². The zero-order chi connectivity index (χ0) is 11.5. The monoisotopic (exact) mass is 212 g/mol. The lowest BCUT2D eigenvalue weighted by Gasteiger charge is -2.06. The Morgan fingerprint density at radius 2 is 1.62 bits per heavy atom. The molecule has 0 atom stereocenters. The first kappa shape index (κ1) is 10.7. The zero-order valence-corrected chi connectivity index (χ0v) is 9.70. The summed E-state index contributed by atoms with van der Waals surface area (Å²) in [6.07, 6.45) is 0.923. The summed E-state index contributed by atoms with van der Waals surface area (Å²) < 4.78 is 0. The number of aryl methyl sites for hydroxylation is 2. The molecule has 2 rings (SSSR count). The van der Waals surface area contributed by atoms with Crippen molar-refractivity contribution in [2.24, 2.45) is 0 Å². The van der Waals surface area contributed by atoms with Gasteiger partial charge in [-0.3, -0.25) is 0 Å². The Labute approximate surface area is 96.4 Å². The Kier molecular flexibility index (Phi) is 2.95. The minimum absolute atomic E-state index is 0.338. The molecule has 1 nitrogen and oxygen atoms in total. The molecule has 16 heavy (non-hydrogen) atoms. The van der Waals surface area contributed by atoms with Crippen LogP contribution in [0.4, 0.5) is 0 Å². The molecule has 0 aliphatic rings. The first-order chi connectivity index (χ1) is 7.65. The van der Waals surface area contributed by atoms with E-state index in [1.165, 1.54) is 16.7 Å². The van der Waals surface area contributed by atoms with Crippen molar-refractivity contribution in [3.63, 3.8) is 0 Å². The Morgan fingerprint density at radius 3 is 2.25 bits per heavy atom. The van der Waals surface area contributed by atoms with Gasteiger partial charge in [0.1, 0.15) is 5.75 Å². The first-order valence-electron chi connectivity index (χ1n) is 5.49. The summed E-state index contributed by atoms with van der Waals surface area (Å²) in [7, 11) is 0. The minimum Gasteiger partial charge on any atom is -0.508 e. The number of hydrogen-bond acceptors (Lipinski definition) is 1. The first-order valence-corrected chi connectivity index (χ1v) is 5.49. The Bertz CT molecular complexity index is 483. The van der Waals surface area contributed by atoms with E-state index in [1.807, 2.05) is 19.1 Å². The van der Waals surface area contributed by atoms with E-state index < -0.39 is 0 Å². The third-order valence-corrected chi connectivity index (χ3v) is 2.84. The van der Waals surface area contributed by atoms with Crippen LogP contribution in [0.15, 0.2) is 42.5 Å². The number of rotatable bonds is 2. The van der Waals surface area contributed by atoms with E-state index in [-0.39, 0.29) is 0 Å². The molecule has 0 amide bonds. The third-order valence-electron chi connectivity index (χ3n) is 2.84. The van der Waals surface area contributed by atoms with Crippen molar-refractivity contribution in [1.29, 1.82) is 0 Å². The SMILES string of the molecule is Cc1ccc(Cc2ccc(O)cc2C)cc1. The lowest BCUT2D eigenvalue weighted by Crippen LogP contribution is -1.91. The summed E-state index contributed by atoms with van der Waals surface area (Å²) in [5.41, 5.74) is 4.99. The molecule has 0 saturated heterocycles. The van der Waals surface area contributed by atoms with Gasteiger partial charge in [-0.25, -0.2) is 0 Å². The lowest BCUT2D eigenvalue weighted by molar-refractivity contribution is 0.474. The largest absolute Gasteiger partial charge is 0.508 e. The standard InChI is InChI=1S/C15H16O/c1-11-3-5-13(6-4-11)10-14-7-8-15(16)9-12(14)2/h3-9,16H,10H2,1-2H3. The van der Waals surface area contributed by atoms with Crippen LogP contribution in [0, 0.1) is 13.8 Å². The molecule has 82 valence electrons. The van der Waals surface area contributed by atoms with Gasteiger partial charge < -0.3 is 5.11 Å². The molecule has 2 aromatic carbocycles. The average Bonchev–Trinajstić information content (AvgIpc) is 2.25. The molecule has 0 aliphatic carbocycles. The van der Waals surface area contributed by atoms with E-state index in [2.05, 4.69) is 31.2 Å². The molecule has 0 spiro atoms. The van der Waals surface area contributed by atoms with Gasteiger partial charge in [-0.15, -0.1) is 0 Å². The van der Waals surface area contributed by atoms with Crippen molar-refractivity contribution < 1.29 is 5.11 Å². The molecule has 0 heterocycles. The van der Waals surface area contributed by atoms with E-state index in [4.69, 9.17) is 0 Å². The molecule has 0 unspecified atom stereocenters. The van der Waals surface area contributed by atoms with Crippen molar-refractivity contribution >= 4 is 0 Å². The van der Waals surface area contributed by atoms with Crippen LogP contribution in [-0.2, 0) is 6.42 Å². The third kappa shape index (κ3) is 2.43. The highest BCUT2D eigenvalue weighted by Gasteiger charge is 2.01. The van der Waals surface area contributed by atoms with Crippen LogP contribution in [0.25, 0.3) is 0 Å². The summed E-state index contributed by atoms with van der Waals surface area (Å²) in [4.78, 5) is 0. The van der Waals surface area contributed by atoms with Crippen LogP contribution < -0.4 is 0 Å². The fourth-order valence-electron chi connectivity index (χ4n) is 1.80. The molecular weight excluding hydrogens is 196 g/mol. The number of hydrogen-bond donors (Lipinski definition) is 1. The molecule has 0 bridgehead atoms. The molecule has 2 aromatic rings. The fourth-order valence-corrected chi connectivity index (χ4v) is 1.80. The molecule has 0 fully saturated rings. The van der Waals surface area contributed by atoms with Gasteiger partial charge in [0.2, 0.25) is 0 Å². The molecule has 0 aromatic heterocycles. The smallest absolute Gasteiger partial charge is 0.115 e. The number of phenols is 1. The summed E-state index contributed by atoms with van der Waals surface area (Å²) in [6.45, 7) is 4.12. The number of aromatic hydroxyl groups is 1. The van der Waals surface area contributed by atoms with E-state index in [0.29, 0.717) is 5.75 Å². The van der Waals surface area contributed by atoms with E-state index in [0.717, 1.165) is 12.0 Å². The van der Waals surface area contributed by atoms with Crippen LogP contribution in [0.1, 0.15) is 22.3 Å². The van der Waals surface area contributed by atoms with Gasteiger partial charge in [0.25, 0.3) is 0 Å². The Hall–Kier alpha value is -1.76. The van der Waals surface area contributed by atoms with Crippen molar-refractivity contribution in [3.05, 3.63) is 64.7 Å². The summed E-state index contributed by atoms with van der Waals surface area (Å²) >= 11 is 0. The van der Waals surface area contributed by atoms with Crippen molar-refractivity contribution in [2.75, 3.05) is 0 Å². The predicted molar refractivity (Wildman–Crippen MR) is 66.8 cm³/mol. The maximum Gasteiger partial charge on any atom is 0.115 e. The maximum atomic E-state index is 9.34. The van der Waals surface area contributed by atoms with E-state index >= 15 is 0 Å². The highest BCUT2D eigenvalue weighted by atomic mass is 16.3. The number of phenolic OH excluding ortho intramolecular Hbond substituents is 1. The Balaban J connectivity index is 2.23. The van der Waals surface area contributed by atoms with Crippen LogP contribution in [0.5, 0.6) is 5.75 Å². The Morgan fingerprint density at radius 1 is 0.938 bits per heavy atom. The molecule has 1 heteroatoms. The van der Waals surface area contributed by atoms with Gasteiger partial charge in [0, 0.05) is 0 Å². The van der Waals surface area contributed by atoms with Crippen molar-refractivity contribution in [3.8, 4) is 5.75 Å². The fraction of sp³-hybridized carbons (Fsp3) is 0.200. The highest BCUT2D eigenvalue weighted by molar-refractivity contribution is 5.37. The van der Waals surface area contributed by atoms with Gasteiger partial charge in [-0.1, -0.05) is 35.9 Å². The lowest BCUT2D eigenvalue weighted by atomic mass is 10.00. The predicted octanol–water partition coefficient (Wildman–Crippen LogP) is 3.60. The average molecular weight is 212 g/mol. The van der Waals surface area contributed by atoms with Gasteiger partial charge in [-0.2, -0.15) is 0 Å². The minimum atomic E-state index is 0.338. The van der Waals surface area contributed by atoms with Gasteiger partial charge in [0.15, 0.2) is 0 Å². The van der Waals surface area contributed by atoms with Crippen LogP contribution in [0.3, 0.4) is 0 Å². The summed E-state index contributed by atoms with van der Waals surface area (Å²) in [5, 5.41) is 9.34. The van der Waals surface area contributed by atoms with Crippen LogP contribution in [0.2, 0.25) is 0 Å². The molecule has 1 N–H and O–H groups in total. The second-order valence-corrected chi connectivity index (χ2v) is 4.27.